The molecule has 9 nitrogen and oxygen atoms in total. The molecule has 1 aromatic heterocycles. The maximum Gasteiger partial charge on any atom is 0.323 e. The molecule has 0 aliphatic heterocycles. The van der Waals surface area contributed by atoms with Crippen LogP contribution in [0.3, 0.4) is 0 Å². The Morgan fingerprint density at radius 3 is 1.29 bits per heavy atom. The minimum atomic E-state index is -0.707. The third kappa shape index (κ3) is 25.9. The first-order valence-corrected chi connectivity index (χ1v) is 29.1. The smallest absolute Gasteiger partial charge is 0.323 e. The second-order valence-corrected chi connectivity index (χ2v) is 21.5. The van der Waals surface area contributed by atoms with Crippen molar-refractivity contribution in [1.29, 1.82) is 0 Å². The number of esters is 1. The van der Waals surface area contributed by atoms with Gasteiger partial charge in [0.05, 0.1) is 17.4 Å². The maximum absolute atomic E-state index is 13.0. The summed E-state index contributed by atoms with van der Waals surface area (Å²) in [6.45, 7) is 12.2. The van der Waals surface area contributed by atoms with Crippen LogP contribution in [0.2, 0.25) is 0 Å². The Labute approximate surface area is 423 Å². The van der Waals surface area contributed by atoms with Crippen LogP contribution in [0, 0.1) is 10.8 Å². The molecule has 2 unspecified atom stereocenters. The first-order chi connectivity index (χ1) is 33.5. The molecule has 0 saturated heterocycles. The number of carboxylic acid groups (broad SMARTS) is 2. The van der Waals surface area contributed by atoms with Crippen molar-refractivity contribution in [2.45, 2.75) is 271 Å². The average molecular weight is 967 g/mol. The van der Waals surface area contributed by atoms with Crippen molar-refractivity contribution >= 4 is 28.8 Å². The normalized spacial score (nSPS) is 14.0. The number of aryl methyl sites for hydroxylation is 1. The molecule has 0 bridgehead atoms. The summed E-state index contributed by atoms with van der Waals surface area (Å²) in [6.07, 6.45) is 40.7. The predicted molar refractivity (Wildman–Crippen MR) is 291 cm³/mol. The van der Waals surface area contributed by atoms with Gasteiger partial charge in [-0.05, 0) is 95.5 Å². The third-order valence-electron chi connectivity index (χ3n) is 15.5. The van der Waals surface area contributed by atoms with Crippen molar-refractivity contribution in [3.63, 3.8) is 0 Å². The van der Waals surface area contributed by atoms with Crippen LogP contribution in [-0.4, -0.2) is 69.9 Å². The van der Waals surface area contributed by atoms with Crippen LogP contribution < -0.4 is 5.73 Å². The molecule has 69 heavy (non-hydrogen) atoms. The molecule has 2 aromatic rings. The Morgan fingerprint density at radius 2 is 0.884 bits per heavy atom. The number of para-hydroxylation sites is 1. The molecule has 0 fully saturated rings. The van der Waals surface area contributed by atoms with Crippen LogP contribution in [0.4, 0.5) is 0 Å². The lowest BCUT2D eigenvalue weighted by molar-refractivity contribution is -0.151. The highest BCUT2D eigenvalue weighted by Gasteiger charge is 2.37. The number of hydrogen-bond acceptors (Lipinski definition) is 6. The molecule has 1 heterocycles. The number of hydrogen-bond donors (Lipinski definition) is 3. The van der Waals surface area contributed by atoms with E-state index in [-0.39, 0.29) is 5.97 Å². The lowest BCUT2D eigenvalue weighted by atomic mass is 9.74. The molecular weight excluding hydrogens is 859 g/mol. The van der Waals surface area contributed by atoms with Crippen molar-refractivity contribution in [2.24, 2.45) is 23.6 Å². The fourth-order valence-corrected chi connectivity index (χ4v) is 10.9. The summed E-state index contributed by atoms with van der Waals surface area (Å²) < 4.78 is 7.78. The standard InChI is InChI=1S/C60H107N3O6/c1-6-10-14-18-20-30-42-59(57(65)66,40-28-16-12-8-3)44-32-22-24-34-46-63(48-36-37-49-69-56(64)54(61)50-52-51-62(5)55-39-27-26-38-53(52)55)47-35-25-23-33-45-60(58(67)68,41-29-17-13-9-4)43-31-21-19-15-11-7-2/h26-27,38-39,51,54H,6-25,28-37,40-50,61H2,1-5H3,(H,65,66)(H,67,68)/t54-,59?,60?/m1/s1. The molecule has 9 heteroatoms. The number of carboxylic acids is 2. The van der Waals surface area contributed by atoms with Gasteiger partial charge in [0.15, 0.2) is 0 Å². The van der Waals surface area contributed by atoms with E-state index in [1.807, 2.05) is 19.2 Å². The Balaban J connectivity index is 1.96. The van der Waals surface area contributed by atoms with E-state index < -0.39 is 28.8 Å². The summed E-state index contributed by atoms with van der Waals surface area (Å²) in [5, 5.41) is 22.4. The van der Waals surface area contributed by atoms with Gasteiger partial charge in [0, 0.05) is 30.6 Å². The minimum absolute atomic E-state index is 0.348. The summed E-state index contributed by atoms with van der Waals surface area (Å²) in [7, 11) is 2.01. The molecule has 0 aliphatic rings. The van der Waals surface area contributed by atoms with Gasteiger partial charge in [-0.1, -0.05) is 213 Å². The SMILES string of the molecule is CCCCCCCCC(CCCCCC)(CCCCCCN(CCCCCCC(CCCCCC)(CCCCCCCC)C(=O)O)CCCCOC(=O)[C@H](N)Cc1cn(C)c2ccccc12)C(=O)O. The minimum Gasteiger partial charge on any atom is -0.481 e. The van der Waals surface area contributed by atoms with Gasteiger partial charge >= 0.3 is 17.9 Å². The quantitative estimate of drug-likeness (QED) is 0.0441. The Hall–Kier alpha value is -2.91. The number of nitrogens with two attached hydrogens (primary N) is 1. The maximum atomic E-state index is 13.0. The number of ether oxygens (including phenoxy) is 1. The van der Waals surface area contributed by atoms with Crippen molar-refractivity contribution in [3.05, 3.63) is 36.0 Å². The zero-order valence-electron chi connectivity index (χ0n) is 45.5. The van der Waals surface area contributed by atoms with E-state index in [0.717, 1.165) is 203 Å². The van der Waals surface area contributed by atoms with Gasteiger partial charge in [0.1, 0.15) is 6.04 Å². The summed E-state index contributed by atoms with van der Waals surface area (Å²) >= 11 is 0. The second-order valence-electron chi connectivity index (χ2n) is 21.5. The molecule has 0 aliphatic carbocycles. The van der Waals surface area contributed by atoms with Crippen LogP contribution >= 0.6 is 0 Å². The monoisotopic (exact) mass is 966 g/mol. The first kappa shape index (κ1) is 62.2. The van der Waals surface area contributed by atoms with Crippen LogP contribution in [0.5, 0.6) is 0 Å². The van der Waals surface area contributed by atoms with E-state index in [2.05, 4.69) is 55.5 Å². The van der Waals surface area contributed by atoms with E-state index in [9.17, 15) is 24.6 Å². The van der Waals surface area contributed by atoms with Gasteiger partial charge in [-0.25, -0.2) is 0 Å². The van der Waals surface area contributed by atoms with Gasteiger partial charge in [-0.15, -0.1) is 0 Å². The number of nitrogens with zero attached hydrogens (tertiary/aromatic N) is 2. The number of rotatable bonds is 48. The van der Waals surface area contributed by atoms with Gasteiger partial charge < -0.3 is 30.2 Å². The van der Waals surface area contributed by atoms with Gasteiger partial charge in [0.25, 0.3) is 0 Å². The number of aliphatic carboxylic acids is 2. The molecule has 2 rings (SSSR count). The molecule has 3 atom stereocenters. The number of carbonyl (C=O) groups is 3. The summed E-state index contributed by atoms with van der Waals surface area (Å²) in [4.78, 5) is 41.4. The van der Waals surface area contributed by atoms with Crippen molar-refractivity contribution < 1.29 is 29.3 Å². The zero-order chi connectivity index (χ0) is 50.4. The molecule has 4 N–H and O–H groups in total. The topological polar surface area (TPSA) is 135 Å². The average Bonchev–Trinajstić information content (AvgIpc) is 3.65. The largest absolute Gasteiger partial charge is 0.481 e. The predicted octanol–water partition coefficient (Wildman–Crippen LogP) is 16.2. The third-order valence-corrected chi connectivity index (χ3v) is 15.5. The van der Waals surface area contributed by atoms with E-state index >= 15 is 0 Å². The first-order valence-electron chi connectivity index (χ1n) is 29.1. The summed E-state index contributed by atoms with van der Waals surface area (Å²) in [5.41, 5.74) is 7.38. The van der Waals surface area contributed by atoms with Gasteiger partial charge in [0.2, 0.25) is 0 Å². The van der Waals surface area contributed by atoms with Crippen LogP contribution in [-0.2, 0) is 32.6 Å². The zero-order valence-corrected chi connectivity index (χ0v) is 45.5. The molecule has 0 amide bonds. The number of fused-ring (bicyclic) bond motifs is 1. The van der Waals surface area contributed by atoms with E-state index in [0.29, 0.717) is 13.0 Å². The van der Waals surface area contributed by atoms with Crippen molar-refractivity contribution in [1.82, 2.24) is 9.47 Å². The van der Waals surface area contributed by atoms with Crippen LogP contribution in [0.15, 0.2) is 30.5 Å². The number of benzene rings is 1. The lowest BCUT2D eigenvalue weighted by Gasteiger charge is -2.30. The molecular formula is C60H107N3O6. The van der Waals surface area contributed by atoms with Crippen molar-refractivity contribution in [3.8, 4) is 0 Å². The molecule has 0 saturated carbocycles. The fourth-order valence-electron chi connectivity index (χ4n) is 10.9. The highest BCUT2D eigenvalue weighted by molar-refractivity contribution is 5.85. The molecule has 398 valence electrons. The van der Waals surface area contributed by atoms with E-state index in [1.54, 1.807) is 0 Å². The van der Waals surface area contributed by atoms with Gasteiger partial charge in [-0.2, -0.15) is 0 Å². The second kappa shape index (κ2) is 38.7. The highest BCUT2D eigenvalue weighted by atomic mass is 16.5. The van der Waals surface area contributed by atoms with Gasteiger partial charge in [-0.3, -0.25) is 14.4 Å². The Morgan fingerprint density at radius 1 is 0.536 bits per heavy atom. The summed E-state index contributed by atoms with van der Waals surface area (Å²) in [6, 6.07) is 7.48. The number of unbranched alkanes of at least 4 members (excludes halogenated alkanes) is 23. The highest BCUT2D eigenvalue weighted by Crippen LogP contribution is 2.39. The molecule has 0 spiro atoms. The molecule has 1 aromatic carbocycles. The number of carbonyl (C=O) groups excluding carboxylic acids is 1. The fraction of sp³-hybridized carbons (Fsp3) is 0.817. The summed E-state index contributed by atoms with van der Waals surface area (Å²) in [5.74, 6) is -1.50. The van der Waals surface area contributed by atoms with E-state index in [4.69, 9.17) is 10.5 Å². The van der Waals surface area contributed by atoms with Crippen LogP contribution in [0.25, 0.3) is 10.9 Å². The lowest BCUT2D eigenvalue weighted by Crippen LogP contribution is -2.34. The van der Waals surface area contributed by atoms with Crippen molar-refractivity contribution in [2.75, 3.05) is 26.2 Å². The van der Waals surface area contributed by atoms with E-state index in [1.165, 1.54) is 64.2 Å². The number of aromatic nitrogens is 1. The Bertz CT molecular complexity index is 1550. The van der Waals surface area contributed by atoms with Crippen LogP contribution in [0.1, 0.15) is 264 Å². The Kier molecular flexibility index (Phi) is 34.9. The molecule has 0 radical (unpaired) electrons.